The highest BCUT2D eigenvalue weighted by molar-refractivity contribution is 7.21. The van der Waals surface area contributed by atoms with Gasteiger partial charge in [0.05, 0.1) is 22.4 Å². The first kappa shape index (κ1) is 17.5. The third-order valence-electron chi connectivity index (χ3n) is 3.52. The van der Waals surface area contributed by atoms with E-state index in [2.05, 4.69) is 10.3 Å². The molecule has 0 spiro atoms. The number of aromatic nitrogens is 1. The molecule has 0 amide bonds. The summed E-state index contributed by atoms with van der Waals surface area (Å²) in [4.78, 5) is 16.2. The molecule has 0 fully saturated rings. The van der Waals surface area contributed by atoms with Crippen molar-refractivity contribution in [2.45, 2.75) is 6.92 Å². The predicted molar refractivity (Wildman–Crippen MR) is 101 cm³/mol. The van der Waals surface area contributed by atoms with Crippen LogP contribution in [0.5, 0.6) is 5.75 Å². The number of carbonyl (C=O) groups excluding carboxylic acids is 1. The van der Waals surface area contributed by atoms with Crippen molar-refractivity contribution in [2.75, 3.05) is 11.9 Å². The molecule has 0 aliphatic heterocycles. The summed E-state index contributed by atoms with van der Waals surface area (Å²) < 4.78 is 5.83. The molecule has 0 aliphatic carbocycles. The molecule has 0 unspecified atom stereocenters. The minimum atomic E-state index is -0.687. The number of ether oxygens (including phenoxy) is 1. The monoisotopic (exact) mass is 365 g/mol. The van der Waals surface area contributed by atoms with Gasteiger partial charge in [-0.1, -0.05) is 12.1 Å². The van der Waals surface area contributed by atoms with Crippen LogP contribution in [0.1, 0.15) is 6.92 Å². The third kappa shape index (κ3) is 3.66. The van der Waals surface area contributed by atoms with Crippen LogP contribution in [0, 0.1) is 11.3 Å². The number of thiazole rings is 1. The Morgan fingerprint density at radius 1 is 1.38 bits per heavy atom. The maximum Gasteiger partial charge on any atom is 0.350 e. The molecule has 1 heterocycles. The van der Waals surface area contributed by atoms with Crippen molar-refractivity contribution in [3.8, 4) is 22.4 Å². The maximum absolute atomic E-state index is 11.6. The molecule has 0 bridgehead atoms. The average molecular weight is 365 g/mol. The molecule has 130 valence electrons. The van der Waals surface area contributed by atoms with Crippen LogP contribution in [0.3, 0.4) is 0 Å². The highest BCUT2D eigenvalue weighted by atomic mass is 32.1. The maximum atomic E-state index is 11.6. The lowest BCUT2D eigenvalue weighted by atomic mass is 10.2. The number of benzene rings is 2. The van der Waals surface area contributed by atoms with Crippen molar-refractivity contribution >= 4 is 33.2 Å². The number of anilines is 1. The molecule has 0 saturated heterocycles. The standard InChI is InChI=1S/C19H15N3O3S/c1-2-25-19(24)12(10-20)11-21-13-7-8-16(23)14(9-13)18-22-15-5-3-4-6-17(15)26-18/h3-9,11,21,23H,2H2,1H3/b12-11+. The quantitative estimate of drug-likeness (QED) is 0.306. The lowest BCUT2D eigenvalue weighted by Gasteiger charge is -2.06. The molecule has 0 atom stereocenters. The first-order chi connectivity index (χ1) is 12.6. The van der Waals surface area contributed by atoms with Gasteiger partial charge < -0.3 is 15.2 Å². The number of nitrogens with zero attached hydrogens (tertiary/aromatic N) is 2. The lowest BCUT2D eigenvalue weighted by Crippen LogP contribution is -2.07. The van der Waals surface area contributed by atoms with Gasteiger partial charge in [-0.2, -0.15) is 5.26 Å². The molecular formula is C19H15N3O3S. The molecule has 1 aromatic heterocycles. The summed E-state index contributed by atoms with van der Waals surface area (Å²) in [6, 6.07) is 14.4. The average Bonchev–Trinajstić information content (AvgIpc) is 3.07. The lowest BCUT2D eigenvalue weighted by molar-refractivity contribution is -0.138. The molecule has 26 heavy (non-hydrogen) atoms. The van der Waals surface area contributed by atoms with E-state index in [9.17, 15) is 9.90 Å². The van der Waals surface area contributed by atoms with E-state index in [0.29, 0.717) is 16.3 Å². The van der Waals surface area contributed by atoms with Crippen LogP contribution in [-0.2, 0) is 9.53 Å². The van der Waals surface area contributed by atoms with Gasteiger partial charge >= 0.3 is 5.97 Å². The Hall–Kier alpha value is -3.37. The van der Waals surface area contributed by atoms with Crippen molar-refractivity contribution in [3.63, 3.8) is 0 Å². The van der Waals surface area contributed by atoms with E-state index < -0.39 is 5.97 Å². The Balaban J connectivity index is 1.90. The second-order valence-electron chi connectivity index (χ2n) is 5.25. The number of nitriles is 1. The highest BCUT2D eigenvalue weighted by Crippen LogP contribution is 2.36. The van der Waals surface area contributed by atoms with Crippen molar-refractivity contribution < 1.29 is 14.6 Å². The van der Waals surface area contributed by atoms with Gasteiger partial charge in [-0.15, -0.1) is 11.3 Å². The van der Waals surface area contributed by atoms with Gasteiger partial charge in [0.2, 0.25) is 0 Å². The van der Waals surface area contributed by atoms with Crippen molar-refractivity contribution in [1.29, 1.82) is 5.26 Å². The van der Waals surface area contributed by atoms with E-state index >= 15 is 0 Å². The van der Waals surface area contributed by atoms with E-state index in [0.717, 1.165) is 10.2 Å². The summed E-state index contributed by atoms with van der Waals surface area (Å²) in [5, 5.41) is 22.8. The van der Waals surface area contributed by atoms with Gasteiger partial charge in [-0.3, -0.25) is 0 Å². The van der Waals surface area contributed by atoms with Crippen LogP contribution in [-0.4, -0.2) is 22.7 Å². The summed E-state index contributed by atoms with van der Waals surface area (Å²) in [7, 11) is 0. The first-order valence-corrected chi connectivity index (χ1v) is 8.67. The van der Waals surface area contributed by atoms with Crippen LogP contribution in [0.2, 0.25) is 0 Å². The number of phenolic OH excluding ortho intramolecular Hbond substituents is 1. The largest absolute Gasteiger partial charge is 0.507 e. The Kier molecular flexibility index (Phi) is 5.15. The Morgan fingerprint density at radius 3 is 2.92 bits per heavy atom. The molecule has 3 rings (SSSR count). The fourth-order valence-electron chi connectivity index (χ4n) is 2.29. The first-order valence-electron chi connectivity index (χ1n) is 7.85. The summed E-state index contributed by atoms with van der Waals surface area (Å²) in [5.41, 5.74) is 1.90. The number of phenols is 1. The van der Waals surface area contributed by atoms with Crippen LogP contribution >= 0.6 is 11.3 Å². The second kappa shape index (κ2) is 7.68. The molecule has 7 heteroatoms. The van der Waals surface area contributed by atoms with Crippen LogP contribution < -0.4 is 5.32 Å². The minimum absolute atomic E-state index is 0.101. The van der Waals surface area contributed by atoms with E-state index in [1.165, 1.54) is 23.6 Å². The van der Waals surface area contributed by atoms with Gasteiger partial charge in [0.1, 0.15) is 16.8 Å². The minimum Gasteiger partial charge on any atom is -0.507 e. The van der Waals surface area contributed by atoms with Crippen molar-refractivity contribution in [1.82, 2.24) is 4.98 Å². The zero-order chi connectivity index (χ0) is 18.5. The topological polar surface area (TPSA) is 95.2 Å². The molecule has 3 aromatic rings. The molecule has 0 aliphatic rings. The highest BCUT2D eigenvalue weighted by Gasteiger charge is 2.12. The van der Waals surface area contributed by atoms with Crippen molar-refractivity contribution in [3.05, 3.63) is 54.2 Å². The molecule has 0 radical (unpaired) electrons. The van der Waals surface area contributed by atoms with Crippen molar-refractivity contribution in [2.24, 2.45) is 0 Å². The fourth-order valence-corrected chi connectivity index (χ4v) is 3.28. The van der Waals surface area contributed by atoms with E-state index in [1.807, 2.05) is 24.3 Å². The molecule has 2 N–H and O–H groups in total. The fraction of sp³-hybridized carbons (Fsp3) is 0.105. The molecule has 0 saturated carbocycles. The number of fused-ring (bicyclic) bond motifs is 1. The predicted octanol–water partition coefficient (Wildman–Crippen LogP) is 4.05. The number of nitrogens with one attached hydrogen (secondary N) is 1. The number of hydrogen-bond acceptors (Lipinski definition) is 7. The smallest absolute Gasteiger partial charge is 0.350 e. The normalized spacial score (nSPS) is 11.2. The zero-order valence-corrected chi connectivity index (χ0v) is 14.7. The van der Waals surface area contributed by atoms with E-state index in [-0.39, 0.29) is 17.9 Å². The van der Waals surface area contributed by atoms with Gasteiger partial charge in [-0.05, 0) is 37.3 Å². The Morgan fingerprint density at radius 2 is 2.19 bits per heavy atom. The third-order valence-corrected chi connectivity index (χ3v) is 4.59. The SMILES string of the molecule is CCOC(=O)/C(C#N)=C/Nc1ccc(O)c(-c2nc3ccccc3s2)c1. The van der Waals surface area contributed by atoms with E-state index in [1.54, 1.807) is 25.1 Å². The van der Waals surface area contributed by atoms with Crippen LogP contribution in [0.15, 0.2) is 54.2 Å². The van der Waals surface area contributed by atoms with Gasteiger partial charge in [0, 0.05) is 11.9 Å². The number of hydrogen-bond donors (Lipinski definition) is 2. The Labute approximate surface area is 154 Å². The van der Waals surface area contributed by atoms with Crippen LogP contribution in [0.4, 0.5) is 5.69 Å². The number of esters is 1. The second-order valence-corrected chi connectivity index (χ2v) is 6.28. The molecule has 2 aromatic carbocycles. The summed E-state index contributed by atoms with van der Waals surface area (Å²) in [6.45, 7) is 1.86. The number of carbonyl (C=O) groups is 1. The number of para-hydroxylation sites is 1. The van der Waals surface area contributed by atoms with Gasteiger partial charge in [0.15, 0.2) is 5.57 Å². The zero-order valence-electron chi connectivity index (χ0n) is 13.9. The molecule has 6 nitrogen and oxygen atoms in total. The number of aromatic hydroxyl groups is 1. The Bertz CT molecular complexity index is 1000. The summed E-state index contributed by atoms with van der Waals surface area (Å²) in [5.74, 6) is -0.586. The van der Waals surface area contributed by atoms with Crippen LogP contribution in [0.25, 0.3) is 20.8 Å². The number of rotatable bonds is 5. The molecular weight excluding hydrogens is 350 g/mol. The van der Waals surface area contributed by atoms with Gasteiger partial charge in [-0.25, -0.2) is 9.78 Å². The van der Waals surface area contributed by atoms with E-state index in [4.69, 9.17) is 10.00 Å². The summed E-state index contributed by atoms with van der Waals surface area (Å²) in [6.07, 6.45) is 1.28. The summed E-state index contributed by atoms with van der Waals surface area (Å²) >= 11 is 1.47. The van der Waals surface area contributed by atoms with Gasteiger partial charge in [0.25, 0.3) is 0 Å².